The van der Waals surface area contributed by atoms with E-state index in [4.69, 9.17) is 4.74 Å². The molecule has 2 aromatic carbocycles. The fourth-order valence-electron chi connectivity index (χ4n) is 5.01. The van der Waals surface area contributed by atoms with E-state index in [0.29, 0.717) is 12.1 Å². The lowest BCUT2D eigenvalue weighted by Crippen LogP contribution is -2.48. The zero-order chi connectivity index (χ0) is 31.9. The molecule has 2 atom stereocenters. The number of aromatic nitrogens is 4. The van der Waals surface area contributed by atoms with Gasteiger partial charge in [-0.15, -0.1) is 5.10 Å². The molecular formula is C26H25F9N6O2. The fourth-order valence-corrected chi connectivity index (χ4v) is 5.01. The number of nitrogens with zero attached hydrogens (tertiary/aromatic N) is 6. The maximum Gasteiger partial charge on any atom is 0.416 e. The Morgan fingerprint density at radius 3 is 2.02 bits per heavy atom. The quantitative estimate of drug-likeness (QED) is 0.271. The van der Waals surface area contributed by atoms with E-state index >= 15 is 0 Å². The Balaban J connectivity index is 1.93. The Bertz CT molecular complexity index is 1440. The van der Waals surface area contributed by atoms with Crippen LogP contribution in [0.25, 0.3) is 0 Å². The van der Waals surface area contributed by atoms with Crippen molar-refractivity contribution in [2.75, 3.05) is 16.4 Å². The van der Waals surface area contributed by atoms with Gasteiger partial charge in [0.25, 0.3) is 5.95 Å². The van der Waals surface area contributed by atoms with E-state index in [1.807, 2.05) is 0 Å². The van der Waals surface area contributed by atoms with Gasteiger partial charge in [-0.3, -0.25) is 4.90 Å². The normalized spacial score (nSPS) is 17.5. The Hall–Kier alpha value is -4.05. The summed E-state index contributed by atoms with van der Waals surface area (Å²) in [5.74, 6) is -0.263. The molecule has 2 heterocycles. The molecule has 0 N–H and O–H groups in total. The number of amides is 1. The second-order valence-electron chi connectivity index (χ2n) is 9.77. The maximum absolute atomic E-state index is 13.8. The van der Waals surface area contributed by atoms with Gasteiger partial charge in [-0.25, -0.2) is 4.79 Å². The first-order chi connectivity index (χ1) is 19.9. The number of carbonyl (C=O) groups excluding carboxylic acids is 1. The van der Waals surface area contributed by atoms with Crippen molar-refractivity contribution in [1.29, 1.82) is 0 Å². The van der Waals surface area contributed by atoms with Crippen LogP contribution in [0.4, 0.5) is 55.9 Å². The Morgan fingerprint density at radius 1 is 0.930 bits per heavy atom. The van der Waals surface area contributed by atoms with E-state index in [1.54, 1.807) is 13.8 Å². The zero-order valence-electron chi connectivity index (χ0n) is 22.8. The van der Waals surface area contributed by atoms with Gasteiger partial charge in [0.15, 0.2) is 0 Å². The van der Waals surface area contributed by atoms with Gasteiger partial charge in [0.2, 0.25) is 0 Å². The van der Waals surface area contributed by atoms with Crippen molar-refractivity contribution >= 4 is 17.7 Å². The summed E-state index contributed by atoms with van der Waals surface area (Å²) in [7, 11) is 1.36. The van der Waals surface area contributed by atoms with Gasteiger partial charge >= 0.3 is 24.6 Å². The summed E-state index contributed by atoms with van der Waals surface area (Å²) in [6, 6.07) is 1.85. The lowest BCUT2D eigenvalue weighted by atomic mass is 9.87. The molecule has 1 aromatic heterocycles. The highest BCUT2D eigenvalue weighted by Gasteiger charge is 2.43. The number of halogens is 9. The summed E-state index contributed by atoms with van der Waals surface area (Å²) < 4.78 is 128. The molecule has 2 unspecified atom stereocenters. The van der Waals surface area contributed by atoms with Crippen LogP contribution in [0.15, 0.2) is 36.4 Å². The number of fused-ring (bicyclic) bond motifs is 1. The third-order valence-corrected chi connectivity index (χ3v) is 6.90. The van der Waals surface area contributed by atoms with Gasteiger partial charge in [-0.05, 0) is 72.5 Å². The molecular weight excluding hydrogens is 599 g/mol. The molecule has 0 aliphatic carbocycles. The molecule has 0 radical (unpaired) electrons. The van der Waals surface area contributed by atoms with Gasteiger partial charge in [-0.1, -0.05) is 12.0 Å². The third kappa shape index (κ3) is 6.80. The summed E-state index contributed by atoms with van der Waals surface area (Å²) in [5.41, 5.74) is -4.71. The molecule has 234 valence electrons. The predicted octanol–water partition coefficient (Wildman–Crippen LogP) is 7.16. The molecule has 1 aliphatic heterocycles. The summed E-state index contributed by atoms with van der Waals surface area (Å²) in [6.07, 6.45) is -15.7. The van der Waals surface area contributed by atoms with Crippen LogP contribution in [-0.2, 0) is 36.9 Å². The van der Waals surface area contributed by atoms with Crippen LogP contribution >= 0.6 is 0 Å². The molecule has 3 aromatic rings. The number of benzene rings is 2. The fraction of sp³-hybridized carbons (Fsp3) is 0.462. The van der Waals surface area contributed by atoms with Gasteiger partial charge in [0.05, 0.1) is 42.1 Å². The Kier molecular flexibility index (Phi) is 8.57. The number of hydrogen-bond donors (Lipinski definition) is 0. The van der Waals surface area contributed by atoms with E-state index in [1.165, 1.54) is 16.8 Å². The van der Waals surface area contributed by atoms with E-state index in [-0.39, 0.29) is 42.7 Å². The SMILES string of the molecule is CCOC(=O)N1c2ccc(C(F)(F)F)cc2C(N(Cc2cc(C(F)(F)F)cc(C(F)(F)F)c2)c2nnn(C)n2)CC1CC. The second kappa shape index (κ2) is 11.6. The van der Waals surface area contributed by atoms with E-state index < -0.39 is 65.5 Å². The minimum atomic E-state index is -5.13. The number of aryl methyl sites for hydroxylation is 1. The smallest absolute Gasteiger partial charge is 0.416 e. The number of tetrazole rings is 1. The first-order valence-electron chi connectivity index (χ1n) is 12.9. The van der Waals surface area contributed by atoms with E-state index in [0.717, 1.165) is 23.0 Å². The second-order valence-corrected chi connectivity index (χ2v) is 9.77. The minimum absolute atomic E-state index is 0.0235. The zero-order valence-corrected chi connectivity index (χ0v) is 22.8. The summed E-state index contributed by atoms with van der Waals surface area (Å²) in [5, 5.41) is 11.6. The van der Waals surface area contributed by atoms with Crippen LogP contribution < -0.4 is 9.80 Å². The molecule has 43 heavy (non-hydrogen) atoms. The van der Waals surface area contributed by atoms with Gasteiger partial charge < -0.3 is 9.64 Å². The Morgan fingerprint density at radius 2 is 1.53 bits per heavy atom. The average molecular weight is 625 g/mol. The molecule has 1 amide bonds. The maximum atomic E-state index is 13.8. The standard InChI is InChI=1S/C26H25F9N6O2/c1-4-18-12-21(19-11-15(24(27,28)29)6-7-20(19)41(18)23(42)43-5-2)40(22-36-38-39(3)37-22)13-14-8-16(25(30,31)32)10-17(9-14)26(33,34)35/h6-11,18,21H,4-5,12-13H2,1-3H3. The number of carbonyl (C=O) groups is 1. The molecule has 1 aliphatic rings. The van der Waals surface area contributed by atoms with Gasteiger partial charge in [0.1, 0.15) is 0 Å². The first-order valence-corrected chi connectivity index (χ1v) is 12.9. The molecule has 0 fully saturated rings. The van der Waals surface area contributed by atoms with Crippen LogP contribution in [0.1, 0.15) is 60.5 Å². The molecule has 0 saturated carbocycles. The minimum Gasteiger partial charge on any atom is -0.449 e. The van der Waals surface area contributed by atoms with E-state index in [9.17, 15) is 44.3 Å². The summed E-state index contributed by atoms with van der Waals surface area (Å²) in [4.78, 5) is 16.3. The summed E-state index contributed by atoms with van der Waals surface area (Å²) in [6.45, 7) is 2.55. The number of rotatable bonds is 6. The number of hydrogen-bond acceptors (Lipinski definition) is 6. The van der Waals surface area contributed by atoms with Gasteiger partial charge in [-0.2, -0.15) is 44.3 Å². The highest BCUT2D eigenvalue weighted by Crippen LogP contribution is 2.46. The van der Waals surface area contributed by atoms with Crippen molar-refractivity contribution in [3.63, 3.8) is 0 Å². The average Bonchev–Trinajstić information content (AvgIpc) is 3.34. The highest BCUT2D eigenvalue weighted by atomic mass is 19.4. The van der Waals surface area contributed by atoms with Crippen molar-refractivity contribution in [3.8, 4) is 0 Å². The highest BCUT2D eigenvalue weighted by molar-refractivity contribution is 5.90. The van der Waals surface area contributed by atoms with Crippen LogP contribution in [0.2, 0.25) is 0 Å². The molecule has 0 spiro atoms. The number of anilines is 2. The molecule has 0 saturated heterocycles. The largest absolute Gasteiger partial charge is 0.449 e. The topological polar surface area (TPSA) is 76.4 Å². The lowest BCUT2D eigenvalue weighted by Gasteiger charge is -2.43. The lowest BCUT2D eigenvalue weighted by molar-refractivity contribution is -0.143. The van der Waals surface area contributed by atoms with Crippen LogP contribution in [0.3, 0.4) is 0 Å². The van der Waals surface area contributed by atoms with Crippen molar-refractivity contribution in [2.45, 2.75) is 63.8 Å². The van der Waals surface area contributed by atoms with Crippen LogP contribution in [-0.4, -0.2) is 38.9 Å². The van der Waals surface area contributed by atoms with E-state index in [2.05, 4.69) is 15.4 Å². The Labute approximate surface area is 239 Å². The van der Waals surface area contributed by atoms with Crippen molar-refractivity contribution < 1.29 is 49.0 Å². The molecule has 17 heteroatoms. The number of ether oxygens (including phenoxy) is 1. The first kappa shape index (κ1) is 31.9. The molecule has 4 rings (SSSR count). The summed E-state index contributed by atoms with van der Waals surface area (Å²) >= 11 is 0. The predicted molar refractivity (Wildman–Crippen MR) is 134 cm³/mol. The third-order valence-electron chi connectivity index (χ3n) is 6.90. The molecule has 0 bridgehead atoms. The van der Waals surface area contributed by atoms with Crippen molar-refractivity contribution in [3.05, 3.63) is 64.2 Å². The monoisotopic (exact) mass is 624 g/mol. The van der Waals surface area contributed by atoms with Gasteiger partial charge in [0, 0.05) is 12.6 Å². The van der Waals surface area contributed by atoms with Crippen molar-refractivity contribution in [2.24, 2.45) is 7.05 Å². The van der Waals surface area contributed by atoms with Crippen LogP contribution in [0.5, 0.6) is 0 Å². The van der Waals surface area contributed by atoms with Crippen LogP contribution in [0, 0.1) is 0 Å². The molecule has 8 nitrogen and oxygen atoms in total. The van der Waals surface area contributed by atoms with Crippen molar-refractivity contribution in [1.82, 2.24) is 20.2 Å². The number of alkyl halides is 9.